The maximum atomic E-state index is 4.69. The van der Waals surface area contributed by atoms with Crippen LogP contribution in [-0.2, 0) is 18.3 Å². The average Bonchev–Trinajstić information content (AvgIpc) is 2.83. The van der Waals surface area contributed by atoms with Gasteiger partial charge in [0.2, 0.25) is 0 Å². The first kappa shape index (κ1) is 13.0. The second kappa shape index (κ2) is 4.29. The van der Waals surface area contributed by atoms with Gasteiger partial charge in [-0.05, 0) is 52.8 Å². The van der Waals surface area contributed by atoms with Crippen LogP contribution in [0.5, 0.6) is 0 Å². The van der Waals surface area contributed by atoms with Crippen molar-refractivity contribution in [3.8, 4) is 22.4 Å². The third-order valence-corrected chi connectivity index (χ3v) is 5.50. The molecule has 0 radical (unpaired) electrons. The largest absolute Gasteiger partial charge is 0.264 e. The molecule has 0 amide bonds. The summed E-state index contributed by atoms with van der Waals surface area (Å²) < 4.78 is 0. The molecule has 23 heavy (non-hydrogen) atoms. The van der Waals surface area contributed by atoms with Crippen molar-refractivity contribution in [3.63, 3.8) is 0 Å². The van der Waals surface area contributed by atoms with Crippen LogP contribution in [0.2, 0.25) is 0 Å². The minimum absolute atomic E-state index is 0.0191. The first-order chi connectivity index (χ1) is 11.2. The Labute approximate surface area is 136 Å². The third-order valence-electron chi connectivity index (χ3n) is 5.50. The summed E-state index contributed by atoms with van der Waals surface area (Å²) in [6.45, 7) is 4.65. The average molecular weight is 298 g/mol. The predicted octanol–water partition coefficient (Wildman–Crippen LogP) is 4.55. The summed E-state index contributed by atoms with van der Waals surface area (Å²) in [6.07, 6.45) is 8.07. The van der Waals surface area contributed by atoms with Gasteiger partial charge in [0.1, 0.15) is 0 Å². The van der Waals surface area contributed by atoms with Crippen molar-refractivity contribution < 1.29 is 0 Å². The van der Waals surface area contributed by atoms with Crippen LogP contribution in [0.15, 0.2) is 48.9 Å². The van der Waals surface area contributed by atoms with Crippen LogP contribution in [-0.4, -0.2) is 9.97 Å². The van der Waals surface area contributed by atoms with Crippen molar-refractivity contribution >= 4 is 0 Å². The molecule has 0 bridgehead atoms. The number of benzene rings is 1. The minimum atomic E-state index is -0.0191. The summed E-state index contributed by atoms with van der Waals surface area (Å²) in [5, 5.41) is 0. The third kappa shape index (κ3) is 1.58. The van der Waals surface area contributed by atoms with Crippen LogP contribution in [0.25, 0.3) is 22.4 Å². The Bertz CT molecular complexity index is 954. The van der Waals surface area contributed by atoms with Crippen molar-refractivity contribution in [1.82, 2.24) is 9.97 Å². The highest BCUT2D eigenvalue weighted by molar-refractivity contribution is 5.89. The maximum absolute atomic E-state index is 4.69. The van der Waals surface area contributed by atoms with Gasteiger partial charge in [-0.2, -0.15) is 0 Å². The zero-order valence-corrected chi connectivity index (χ0v) is 13.4. The van der Waals surface area contributed by atoms with Crippen LogP contribution < -0.4 is 0 Å². The fraction of sp³-hybridized carbons (Fsp3) is 0.238. The minimum Gasteiger partial charge on any atom is -0.264 e. The Morgan fingerprint density at radius 2 is 1.78 bits per heavy atom. The van der Waals surface area contributed by atoms with E-state index in [-0.39, 0.29) is 5.41 Å². The number of aromatic nitrogens is 2. The second-order valence-electron chi connectivity index (χ2n) is 7.08. The number of hydrogen-bond donors (Lipinski definition) is 0. The first-order valence-electron chi connectivity index (χ1n) is 8.23. The van der Waals surface area contributed by atoms with Gasteiger partial charge in [0.05, 0.1) is 5.69 Å². The molecular formula is C21H18N2. The summed E-state index contributed by atoms with van der Waals surface area (Å²) in [4.78, 5) is 9.09. The lowest BCUT2D eigenvalue weighted by atomic mass is 9.74. The summed E-state index contributed by atoms with van der Waals surface area (Å²) in [7, 11) is 0. The van der Waals surface area contributed by atoms with E-state index in [1.54, 1.807) is 0 Å². The standard InChI is InChI=1S/C21H18N2/c1-21(2)17-4-3-10-23-20(17)15-8-7-14-6-5-13-9-11-22-12-16(13)18(14)19(15)21/h3-4,7-12H,5-6H2,1-2H3. The van der Waals surface area contributed by atoms with Crippen LogP contribution in [0.3, 0.4) is 0 Å². The summed E-state index contributed by atoms with van der Waals surface area (Å²) in [6, 6.07) is 11.0. The molecule has 0 fully saturated rings. The van der Waals surface area contributed by atoms with Gasteiger partial charge in [-0.15, -0.1) is 0 Å². The Kier molecular flexibility index (Phi) is 2.42. The predicted molar refractivity (Wildman–Crippen MR) is 92.4 cm³/mol. The number of fused-ring (bicyclic) bond motifs is 7. The van der Waals surface area contributed by atoms with E-state index in [0.717, 1.165) is 18.5 Å². The van der Waals surface area contributed by atoms with Gasteiger partial charge in [0.15, 0.2) is 0 Å². The molecule has 2 heteroatoms. The van der Waals surface area contributed by atoms with E-state index < -0.39 is 0 Å². The van der Waals surface area contributed by atoms with Crippen molar-refractivity contribution in [1.29, 1.82) is 0 Å². The molecule has 2 aromatic heterocycles. The number of rotatable bonds is 0. The highest BCUT2D eigenvalue weighted by Gasteiger charge is 2.40. The normalized spacial score (nSPS) is 16.3. The number of nitrogens with zero attached hydrogens (tertiary/aromatic N) is 2. The molecule has 112 valence electrons. The van der Waals surface area contributed by atoms with Crippen molar-refractivity contribution in [2.45, 2.75) is 32.1 Å². The van der Waals surface area contributed by atoms with Crippen LogP contribution >= 0.6 is 0 Å². The lowest BCUT2D eigenvalue weighted by Gasteiger charge is -2.29. The molecule has 5 rings (SSSR count). The molecule has 0 aliphatic heterocycles. The molecule has 2 nitrogen and oxygen atoms in total. The molecule has 0 atom stereocenters. The zero-order valence-electron chi connectivity index (χ0n) is 13.4. The van der Waals surface area contributed by atoms with Crippen LogP contribution in [0.4, 0.5) is 0 Å². The lowest BCUT2D eigenvalue weighted by Crippen LogP contribution is -2.18. The van der Waals surface area contributed by atoms with E-state index in [1.165, 1.54) is 38.9 Å². The van der Waals surface area contributed by atoms with Crippen molar-refractivity contribution in [2.75, 3.05) is 0 Å². The highest BCUT2D eigenvalue weighted by atomic mass is 14.7. The molecule has 0 spiro atoms. The molecule has 0 N–H and O–H groups in total. The van der Waals surface area contributed by atoms with Crippen LogP contribution in [0, 0.1) is 0 Å². The number of aryl methyl sites for hydroxylation is 2. The fourth-order valence-corrected chi connectivity index (χ4v) is 4.40. The highest BCUT2D eigenvalue weighted by Crippen LogP contribution is 2.53. The summed E-state index contributed by atoms with van der Waals surface area (Å²) >= 11 is 0. The second-order valence-corrected chi connectivity index (χ2v) is 7.08. The quantitative estimate of drug-likeness (QED) is 0.608. The van der Waals surface area contributed by atoms with Crippen molar-refractivity contribution in [2.24, 2.45) is 0 Å². The Balaban J connectivity index is 1.91. The fourth-order valence-electron chi connectivity index (χ4n) is 4.40. The molecule has 2 heterocycles. The SMILES string of the molecule is CC1(C)c2cccnc2-c2ccc3c(c21)-c1cnccc1CC3. The van der Waals surface area contributed by atoms with Gasteiger partial charge in [-0.25, -0.2) is 0 Å². The molecular weight excluding hydrogens is 280 g/mol. The molecule has 2 aliphatic carbocycles. The molecule has 0 saturated carbocycles. The lowest BCUT2D eigenvalue weighted by molar-refractivity contribution is 0.658. The Morgan fingerprint density at radius 3 is 2.70 bits per heavy atom. The van der Waals surface area contributed by atoms with Gasteiger partial charge in [-0.1, -0.05) is 32.0 Å². The summed E-state index contributed by atoms with van der Waals surface area (Å²) in [5.41, 5.74) is 10.8. The van der Waals surface area contributed by atoms with Gasteiger partial charge < -0.3 is 0 Å². The van der Waals surface area contributed by atoms with E-state index in [0.29, 0.717) is 0 Å². The monoisotopic (exact) mass is 298 g/mol. The maximum Gasteiger partial charge on any atom is 0.0746 e. The molecule has 1 aromatic carbocycles. The zero-order chi connectivity index (χ0) is 15.6. The summed E-state index contributed by atoms with van der Waals surface area (Å²) in [5.74, 6) is 0. The van der Waals surface area contributed by atoms with Crippen LogP contribution in [0.1, 0.15) is 36.1 Å². The Morgan fingerprint density at radius 1 is 0.913 bits per heavy atom. The van der Waals surface area contributed by atoms with E-state index in [9.17, 15) is 0 Å². The smallest absolute Gasteiger partial charge is 0.0746 e. The van der Waals surface area contributed by atoms with Gasteiger partial charge in [-0.3, -0.25) is 9.97 Å². The van der Waals surface area contributed by atoms with Crippen molar-refractivity contribution in [3.05, 3.63) is 71.2 Å². The van der Waals surface area contributed by atoms with E-state index in [2.05, 4.69) is 54.1 Å². The molecule has 2 aliphatic rings. The van der Waals surface area contributed by atoms with E-state index in [4.69, 9.17) is 0 Å². The number of hydrogen-bond acceptors (Lipinski definition) is 2. The topological polar surface area (TPSA) is 25.8 Å². The van der Waals surface area contributed by atoms with E-state index in [1.807, 2.05) is 18.6 Å². The Hall–Kier alpha value is -2.48. The van der Waals surface area contributed by atoms with E-state index >= 15 is 0 Å². The number of pyridine rings is 2. The van der Waals surface area contributed by atoms with Gasteiger partial charge in [0.25, 0.3) is 0 Å². The van der Waals surface area contributed by atoms with Gasteiger partial charge in [0, 0.05) is 35.1 Å². The van der Waals surface area contributed by atoms with Gasteiger partial charge >= 0.3 is 0 Å². The molecule has 0 saturated heterocycles. The first-order valence-corrected chi connectivity index (χ1v) is 8.23. The molecule has 0 unspecified atom stereocenters. The molecule has 3 aromatic rings.